The molecule has 310 valence electrons. The van der Waals surface area contributed by atoms with Crippen molar-refractivity contribution in [2.75, 3.05) is 9.80 Å². The Bertz CT molecular complexity index is 3190. The van der Waals surface area contributed by atoms with E-state index in [1.807, 2.05) is 186 Å². The Balaban J connectivity index is 1.08. The molecule has 0 bridgehead atoms. The van der Waals surface area contributed by atoms with Crippen LogP contribution < -0.4 is 20.7 Å². The zero-order valence-corrected chi connectivity index (χ0v) is 36.0. The van der Waals surface area contributed by atoms with E-state index in [0.29, 0.717) is 33.6 Å². The number of rotatable bonds is 11. The third kappa shape index (κ3) is 7.32. The summed E-state index contributed by atoms with van der Waals surface area (Å²) in [5.74, 6) is 1.44. The minimum atomic E-state index is -3.95. The van der Waals surface area contributed by atoms with Gasteiger partial charge in [-0.25, -0.2) is 19.9 Å². The monoisotopic (exact) mass is 857 g/mol. The van der Waals surface area contributed by atoms with Crippen LogP contribution in [0.25, 0.3) is 44.6 Å². The molecule has 0 saturated heterocycles. The first kappa shape index (κ1) is 39.4. The molecule has 0 aliphatic heterocycles. The van der Waals surface area contributed by atoms with Gasteiger partial charge >= 0.3 is 0 Å². The lowest BCUT2D eigenvalue weighted by Crippen LogP contribution is -2.26. The summed E-state index contributed by atoms with van der Waals surface area (Å²) in [6.07, 6.45) is 0. The van der Waals surface area contributed by atoms with Crippen LogP contribution in [-0.4, -0.2) is 24.3 Å². The van der Waals surface area contributed by atoms with Crippen molar-refractivity contribution in [3.63, 3.8) is 0 Å². The summed E-state index contributed by atoms with van der Waals surface area (Å²) in [6.45, 7) is 0. The predicted molar refractivity (Wildman–Crippen MR) is 266 cm³/mol. The van der Waals surface area contributed by atoms with Gasteiger partial charge in [0.2, 0.25) is 0 Å². The van der Waals surface area contributed by atoms with Gasteiger partial charge in [-0.05, 0) is 109 Å². The molecule has 9 heteroatoms. The van der Waals surface area contributed by atoms with Crippen molar-refractivity contribution in [3.05, 3.63) is 243 Å². The molecule has 8 nitrogen and oxygen atoms in total. The Morgan fingerprint density at radius 3 is 0.985 bits per heavy atom. The SMILES string of the molecule is O=P(c1cccc(-c2cccc(N(c3ccccc3)c3ccccc3)n2)n1)(c1cccc(-c2cccc(N(c3ccccc3)c3ccccc3)n2)n1)n1c2ccccc2c2ccccc21. The van der Waals surface area contributed by atoms with Crippen LogP contribution >= 0.6 is 7.29 Å². The summed E-state index contributed by atoms with van der Waals surface area (Å²) < 4.78 is 18.9. The van der Waals surface area contributed by atoms with E-state index in [2.05, 4.69) is 70.5 Å². The average molecular weight is 858 g/mol. The lowest BCUT2D eigenvalue weighted by molar-refractivity contribution is 0.582. The second-order valence-corrected chi connectivity index (χ2v) is 17.9. The van der Waals surface area contributed by atoms with E-state index in [1.54, 1.807) is 0 Å². The molecule has 5 aromatic heterocycles. The van der Waals surface area contributed by atoms with Gasteiger partial charge < -0.3 is 0 Å². The number of pyridine rings is 4. The molecule has 0 unspecified atom stereocenters. The molecule has 0 N–H and O–H groups in total. The fourth-order valence-corrected chi connectivity index (χ4v) is 11.2. The smallest absolute Gasteiger partial charge is 0.269 e. The lowest BCUT2D eigenvalue weighted by Gasteiger charge is -2.25. The van der Waals surface area contributed by atoms with Crippen LogP contribution in [-0.2, 0) is 4.57 Å². The number of para-hydroxylation sites is 6. The molecule has 0 radical (unpaired) electrons. The zero-order valence-electron chi connectivity index (χ0n) is 35.1. The van der Waals surface area contributed by atoms with Crippen molar-refractivity contribution in [1.29, 1.82) is 0 Å². The third-order valence-electron chi connectivity index (χ3n) is 11.4. The largest absolute Gasteiger partial charge is 0.295 e. The molecule has 11 aromatic rings. The standard InChI is InChI=1S/C56H40N7OP/c64-65(63-51-35-15-13-29-45(51)46-30-14-16-36-52(46)63,55-39-19-33-49(59-55)47-31-17-37-53(57-47)61(41-21-5-1-6-22-41)42-23-7-2-8-24-42)56-40-20-34-50(60-56)48-32-18-38-54(58-48)62(43-25-9-3-10-26-43)44-27-11-4-12-28-44/h1-40H. The van der Waals surface area contributed by atoms with E-state index < -0.39 is 7.29 Å². The number of aromatic nitrogens is 5. The van der Waals surface area contributed by atoms with Gasteiger partial charge in [0.05, 0.1) is 33.8 Å². The Morgan fingerprint density at radius 2 is 0.615 bits per heavy atom. The molecular formula is C56H40N7OP. The fourth-order valence-electron chi connectivity index (χ4n) is 8.51. The van der Waals surface area contributed by atoms with Crippen molar-refractivity contribution in [2.24, 2.45) is 0 Å². The minimum absolute atomic E-state index is 0.377. The Morgan fingerprint density at radius 1 is 0.308 bits per heavy atom. The van der Waals surface area contributed by atoms with E-state index in [1.165, 1.54) is 0 Å². The number of hydrogen-bond acceptors (Lipinski definition) is 7. The molecule has 65 heavy (non-hydrogen) atoms. The van der Waals surface area contributed by atoms with E-state index >= 15 is 4.57 Å². The lowest BCUT2D eigenvalue weighted by atomic mass is 10.2. The molecule has 0 amide bonds. The van der Waals surface area contributed by atoms with Crippen LogP contribution in [0.15, 0.2) is 243 Å². The van der Waals surface area contributed by atoms with Gasteiger partial charge in [-0.3, -0.25) is 18.7 Å². The van der Waals surface area contributed by atoms with Crippen LogP contribution in [0.3, 0.4) is 0 Å². The Hall–Kier alpha value is -8.45. The maximum Gasteiger partial charge on any atom is 0.269 e. The number of fused-ring (bicyclic) bond motifs is 3. The first-order chi connectivity index (χ1) is 32.1. The Kier molecular flexibility index (Phi) is 10.3. The minimum Gasteiger partial charge on any atom is -0.295 e. The average Bonchev–Trinajstić information content (AvgIpc) is 3.73. The van der Waals surface area contributed by atoms with Gasteiger partial charge in [0.15, 0.2) is 0 Å². The quantitative estimate of drug-likeness (QED) is 0.120. The number of anilines is 6. The Labute approximate surface area is 376 Å². The highest BCUT2D eigenvalue weighted by molar-refractivity contribution is 7.77. The molecule has 0 saturated carbocycles. The molecule has 0 atom stereocenters. The molecule has 6 aromatic carbocycles. The summed E-state index contributed by atoms with van der Waals surface area (Å²) in [4.78, 5) is 25.2. The summed E-state index contributed by atoms with van der Waals surface area (Å²) in [5, 5.41) is 1.98. The number of hydrogen-bond donors (Lipinski definition) is 0. The molecule has 5 heterocycles. The van der Waals surface area contributed by atoms with Crippen molar-refractivity contribution >= 4 is 74.4 Å². The van der Waals surface area contributed by atoms with Crippen LogP contribution in [0.1, 0.15) is 0 Å². The highest BCUT2D eigenvalue weighted by atomic mass is 31.2. The van der Waals surface area contributed by atoms with Gasteiger partial charge in [-0.2, -0.15) is 0 Å². The zero-order chi connectivity index (χ0) is 43.6. The van der Waals surface area contributed by atoms with Crippen LogP contribution in [0.2, 0.25) is 0 Å². The second-order valence-electron chi connectivity index (χ2n) is 15.5. The molecule has 0 spiro atoms. The summed E-state index contributed by atoms with van der Waals surface area (Å²) in [6, 6.07) is 80.1. The highest BCUT2D eigenvalue weighted by Gasteiger charge is 2.36. The second kappa shape index (κ2) is 17.0. The van der Waals surface area contributed by atoms with Gasteiger partial charge in [-0.15, -0.1) is 0 Å². The van der Waals surface area contributed by atoms with Gasteiger partial charge in [-0.1, -0.05) is 133 Å². The number of benzene rings is 6. The van der Waals surface area contributed by atoms with Crippen LogP contribution in [0, 0.1) is 0 Å². The van der Waals surface area contributed by atoms with Crippen molar-refractivity contribution < 1.29 is 4.57 Å². The van der Waals surface area contributed by atoms with E-state index in [0.717, 1.165) is 56.2 Å². The number of nitrogens with zero attached hydrogens (tertiary/aromatic N) is 7. The first-order valence-corrected chi connectivity index (χ1v) is 23.1. The molecule has 11 rings (SSSR count). The van der Waals surface area contributed by atoms with Crippen molar-refractivity contribution in [2.45, 2.75) is 0 Å². The van der Waals surface area contributed by atoms with E-state index in [9.17, 15) is 0 Å². The van der Waals surface area contributed by atoms with Gasteiger partial charge in [0.25, 0.3) is 7.29 Å². The van der Waals surface area contributed by atoms with Crippen LogP contribution in [0.5, 0.6) is 0 Å². The fraction of sp³-hybridized carbons (Fsp3) is 0. The van der Waals surface area contributed by atoms with Gasteiger partial charge in [0.1, 0.15) is 22.5 Å². The molecular weight excluding hydrogens is 818 g/mol. The predicted octanol–water partition coefficient (Wildman–Crippen LogP) is 13.4. The summed E-state index contributed by atoms with van der Waals surface area (Å²) in [5.41, 5.74) is 8.72. The maximum atomic E-state index is 16.9. The highest BCUT2D eigenvalue weighted by Crippen LogP contribution is 2.51. The first-order valence-electron chi connectivity index (χ1n) is 21.4. The van der Waals surface area contributed by atoms with E-state index in [-0.39, 0.29) is 0 Å². The molecule has 0 aliphatic rings. The van der Waals surface area contributed by atoms with Crippen molar-refractivity contribution in [1.82, 2.24) is 24.3 Å². The summed E-state index contributed by atoms with van der Waals surface area (Å²) in [7, 11) is -3.95. The van der Waals surface area contributed by atoms with Gasteiger partial charge in [0, 0.05) is 33.5 Å². The normalized spacial score (nSPS) is 11.4. The molecule has 0 aliphatic carbocycles. The molecule has 0 fully saturated rings. The maximum absolute atomic E-state index is 16.9. The van der Waals surface area contributed by atoms with Crippen molar-refractivity contribution in [3.8, 4) is 22.8 Å². The third-order valence-corrected chi connectivity index (χ3v) is 14.2. The topological polar surface area (TPSA) is 80.0 Å². The van der Waals surface area contributed by atoms with E-state index in [4.69, 9.17) is 19.9 Å². The van der Waals surface area contributed by atoms with Crippen LogP contribution in [0.4, 0.5) is 34.4 Å². The summed E-state index contributed by atoms with van der Waals surface area (Å²) >= 11 is 0.